The third-order valence-corrected chi connectivity index (χ3v) is 3.28. The highest BCUT2D eigenvalue weighted by Gasteiger charge is 2.09. The highest BCUT2D eigenvalue weighted by molar-refractivity contribution is 9.10. The molecule has 0 aliphatic carbocycles. The van der Waals surface area contributed by atoms with Gasteiger partial charge in [0.25, 0.3) is 5.91 Å². The number of aromatic hydroxyl groups is 1. The van der Waals surface area contributed by atoms with Crippen molar-refractivity contribution >= 4 is 39.7 Å². The van der Waals surface area contributed by atoms with Gasteiger partial charge in [0.05, 0.1) is 18.9 Å². The smallest absolute Gasteiger partial charge is 0.272 e. The van der Waals surface area contributed by atoms with Crippen LogP contribution in [0.15, 0.2) is 40.2 Å². The number of halogens is 2. The summed E-state index contributed by atoms with van der Waals surface area (Å²) in [6.07, 6.45) is 4.25. The van der Waals surface area contributed by atoms with E-state index in [9.17, 15) is 9.90 Å². The standard InChI is InChI=1S/C14H11BrClN3O3/c1-22-12-4-11(16)3-8(13(12)20)6-18-19-14(21)9-2-10(15)7-17-5-9/h2-7,20H,1H3,(H,19,21)/b18-6-. The molecule has 1 aromatic carbocycles. The highest BCUT2D eigenvalue weighted by Crippen LogP contribution is 2.32. The lowest BCUT2D eigenvalue weighted by Gasteiger charge is -2.06. The van der Waals surface area contributed by atoms with E-state index in [2.05, 4.69) is 31.4 Å². The summed E-state index contributed by atoms with van der Waals surface area (Å²) in [4.78, 5) is 15.7. The first kappa shape index (κ1) is 16.3. The molecule has 1 amide bonds. The molecule has 2 rings (SSSR count). The minimum atomic E-state index is -0.432. The quantitative estimate of drug-likeness (QED) is 0.627. The summed E-state index contributed by atoms with van der Waals surface area (Å²) >= 11 is 9.13. The number of rotatable bonds is 4. The summed E-state index contributed by atoms with van der Waals surface area (Å²) in [7, 11) is 1.41. The second kappa shape index (κ2) is 7.24. The van der Waals surface area contributed by atoms with Crippen molar-refractivity contribution in [2.75, 3.05) is 7.11 Å². The fourth-order valence-electron chi connectivity index (χ4n) is 1.61. The first-order valence-electron chi connectivity index (χ1n) is 6.01. The normalized spacial score (nSPS) is 10.7. The summed E-state index contributed by atoms with van der Waals surface area (Å²) < 4.78 is 5.66. The van der Waals surface area contributed by atoms with Crippen LogP contribution in [-0.2, 0) is 0 Å². The van der Waals surface area contributed by atoms with Crippen molar-refractivity contribution in [1.82, 2.24) is 10.4 Å². The Kier molecular flexibility index (Phi) is 5.35. The number of carbonyl (C=O) groups excluding carboxylic acids is 1. The summed E-state index contributed by atoms with van der Waals surface area (Å²) in [6.45, 7) is 0. The van der Waals surface area contributed by atoms with Crippen LogP contribution in [0.2, 0.25) is 5.02 Å². The van der Waals surface area contributed by atoms with E-state index >= 15 is 0 Å². The van der Waals surface area contributed by atoms with Crippen molar-refractivity contribution in [2.24, 2.45) is 5.10 Å². The molecule has 0 aliphatic rings. The van der Waals surface area contributed by atoms with Gasteiger partial charge < -0.3 is 9.84 Å². The number of phenolic OH excluding ortho intramolecular Hbond substituents is 1. The van der Waals surface area contributed by atoms with Crippen molar-refractivity contribution in [2.45, 2.75) is 0 Å². The van der Waals surface area contributed by atoms with Crippen LogP contribution in [-0.4, -0.2) is 29.3 Å². The molecule has 0 bridgehead atoms. The predicted octanol–water partition coefficient (Wildman–Crippen LogP) is 2.98. The summed E-state index contributed by atoms with van der Waals surface area (Å²) in [6, 6.07) is 4.58. The maximum absolute atomic E-state index is 11.9. The zero-order chi connectivity index (χ0) is 16.1. The fourth-order valence-corrected chi connectivity index (χ4v) is 2.19. The molecule has 0 aliphatic heterocycles. The lowest BCUT2D eigenvalue weighted by molar-refractivity contribution is 0.0954. The molecule has 0 spiro atoms. The maximum Gasteiger partial charge on any atom is 0.272 e. The third kappa shape index (κ3) is 3.96. The van der Waals surface area contributed by atoms with Crippen LogP contribution in [0.25, 0.3) is 0 Å². The topological polar surface area (TPSA) is 83.8 Å². The van der Waals surface area contributed by atoms with Gasteiger partial charge in [-0.15, -0.1) is 0 Å². The minimum absolute atomic E-state index is 0.117. The average Bonchev–Trinajstić information content (AvgIpc) is 2.50. The van der Waals surface area contributed by atoms with E-state index in [0.717, 1.165) is 0 Å². The Hall–Kier alpha value is -2.12. The Morgan fingerprint density at radius 3 is 2.91 bits per heavy atom. The lowest BCUT2D eigenvalue weighted by atomic mass is 10.2. The van der Waals surface area contributed by atoms with E-state index in [4.69, 9.17) is 16.3 Å². The zero-order valence-corrected chi connectivity index (χ0v) is 13.7. The second-order valence-corrected chi connectivity index (χ2v) is 5.49. The number of nitrogens with one attached hydrogen (secondary N) is 1. The Balaban J connectivity index is 2.13. The van der Waals surface area contributed by atoms with Crippen LogP contribution in [0, 0.1) is 0 Å². The van der Waals surface area contributed by atoms with Gasteiger partial charge in [0.2, 0.25) is 0 Å². The van der Waals surface area contributed by atoms with Gasteiger partial charge in [0.15, 0.2) is 11.5 Å². The number of phenols is 1. The van der Waals surface area contributed by atoms with Crippen LogP contribution >= 0.6 is 27.5 Å². The SMILES string of the molecule is COc1cc(Cl)cc(/C=N\NC(=O)c2cncc(Br)c2)c1O. The molecule has 0 unspecified atom stereocenters. The molecule has 0 radical (unpaired) electrons. The Labute approximate surface area is 139 Å². The fraction of sp³-hybridized carbons (Fsp3) is 0.0714. The first-order chi connectivity index (χ1) is 10.5. The van der Waals surface area contributed by atoms with Crippen LogP contribution < -0.4 is 10.2 Å². The lowest BCUT2D eigenvalue weighted by Crippen LogP contribution is -2.17. The minimum Gasteiger partial charge on any atom is -0.504 e. The van der Waals surface area contributed by atoms with Crippen LogP contribution in [0.5, 0.6) is 11.5 Å². The molecule has 114 valence electrons. The number of carbonyl (C=O) groups is 1. The number of aromatic nitrogens is 1. The van der Waals surface area contributed by atoms with Gasteiger partial charge in [0.1, 0.15) is 0 Å². The van der Waals surface area contributed by atoms with E-state index < -0.39 is 5.91 Å². The molecule has 1 heterocycles. The Morgan fingerprint density at radius 1 is 1.45 bits per heavy atom. The molecule has 6 nitrogen and oxygen atoms in total. The van der Waals surface area contributed by atoms with Gasteiger partial charge in [-0.25, -0.2) is 5.43 Å². The number of hydrogen-bond donors (Lipinski definition) is 2. The van der Waals surface area contributed by atoms with E-state index in [1.165, 1.54) is 31.7 Å². The van der Waals surface area contributed by atoms with Gasteiger partial charge in [-0.1, -0.05) is 11.6 Å². The number of ether oxygens (including phenoxy) is 1. The van der Waals surface area contributed by atoms with Gasteiger partial charge in [-0.3, -0.25) is 9.78 Å². The Morgan fingerprint density at radius 2 is 2.23 bits per heavy atom. The molecule has 22 heavy (non-hydrogen) atoms. The van der Waals surface area contributed by atoms with Gasteiger partial charge in [-0.2, -0.15) is 5.10 Å². The van der Waals surface area contributed by atoms with Crippen molar-refractivity contribution in [3.05, 3.63) is 51.2 Å². The predicted molar refractivity (Wildman–Crippen MR) is 86.7 cm³/mol. The maximum atomic E-state index is 11.9. The summed E-state index contributed by atoms with van der Waals surface area (Å²) in [5.41, 5.74) is 3.00. The summed E-state index contributed by atoms with van der Waals surface area (Å²) in [5, 5.41) is 14.1. The van der Waals surface area contributed by atoms with Crippen LogP contribution in [0.3, 0.4) is 0 Å². The molecular formula is C14H11BrClN3O3. The number of hydrogen-bond acceptors (Lipinski definition) is 5. The number of methoxy groups -OCH3 is 1. The van der Waals surface area contributed by atoms with Gasteiger partial charge in [-0.05, 0) is 28.1 Å². The van der Waals surface area contributed by atoms with Crippen molar-refractivity contribution in [1.29, 1.82) is 0 Å². The number of nitrogens with zero attached hydrogens (tertiary/aromatic N) is 2. The van der Waals surface area contributed by atoms with E-state index in [0.29, 0.717) is 20.6 Å². The summed E-state index contributed by atoms with van der Waals surface area (Å²) in [5.74, 6) is -0.330. The van der Waals surface area contributed by atoms with Crippen molar-refractivity contribution < 1.29 is 14.6 Å². The second-order valence-electron chi connectivity index (χ2n) is 4.14. The highest BCUT2D eigenvalue weighted by atomic mass is 79.9. The van der Waals surface area contributed by atoms with Gasteiger partial charge in [0, 0.05) is 33.5 Å². The van der Waals surface area contributed by atoms with E-state index in [-0.39, 0.29) is 11.5 Å². The van der Waals surface area contributed by atoms with Crippen molar-refractivity contribution in [3.63, 3.8) is 0 Å². The zero-order valence-electron chi connectivity index (χ0n) is 11.4. The molecule has 0 saturated heterocycles. The largest absolute Gasteiger partial charge is 0.504 e. The number of hydrazone groups is 1. The van der Waals surface area contributed by atoms with Crippen LogP contribution in [0.1, 0.15) is 15.9 Å². The monoisotopic (exact) mass is 383 g/mol. The average molecular weight is 385 g/mol. The molecule has 1 aromatic heterocycles. The van der Waals surface area contributed by atoms with Crippen molar-refractivity contribution in [3.8, 4) is 11.5 Å². The molecule has 0 atom stereocenters. The number of pyridine rings is 1. The molecule has 0 fully saturated rings. The first-order valence-corrected chi connectivity index (χ1v) is 7.19. The van der Waals surface area contributed by atoms with Gasteiger partial charge >= 0.3 is 0 Å². The third-order valence-electron chi connectivity index (χ3n) is 2.63. The Bertz CT molecular complexity index is 737. The molecule has 2 N–H and O–H groups in total. The molecule has 0 saturated carbocycles. The van der Waals surface area contributed by atoms with Crippen LogP contribution in [0.4, 0.5) is 0 Å². The number of benzene rings is 1. The molecule has 8 heteroatoms. The molecular weight excluding hydrogens is 374 g/mol. The van der Waals surface area contributed by atoms with E-state index in [1.54, 1.807) is 12.3 Å². The van der Waals surface area contributed by atoms with E-state index in [1.807, 2.05) is 0 Å². The number of amides is 1. The molecule has 2 aromatic rings.